The van der Waals surface area contributed by atoms with E-state index in [-0.39, 0.29) is 10.7 Å². The number of methoxy groups -OCH3 is 2. The number of nitrogens with one attached hydrogen (secondary N) is 3. The zero-order valence-electron chi connectivity index (χ0n) is 17.0. The molecule has 2 rings (SSSR count). The zero-order chi connectivity index (χ0) is 23.0. The molecule has 0 aliphatic heterocycles. The van der Waals surface area contributed by atoms with Crippen LogP contribution in [0.3, 0.4) is 0 Å². The van der Waals surface area contributed by atoms with Crippen molar-refractivity contribution >= 4 is 63.7 Å². The fourth-order valence-corrected chi connectivity index (χ4v) is 3.05. The number of carbonyl (C=O) groups is 1. The summed E-state index contributed by atoms with van der Waals surface area (Å²) in [6.07, 6.45) is -1.12. The minimum Gasteiger partial charge on any atom is -0.494 e. The second-order valence-corrected chi connectivity index (χ2v) is 8.85. The number of benzene rings is 2. The van der Waals surface area contributed by atoms with Gasteiger partial charge in [0, 0.05) is 11.3 Å². The van der Waals surface area contributed by atoms with Crippen LogP contribution in [0.2, 0.25) is 0 Å². The predicted octanol–water partition coefficient (Wildman–Crippen LogP) is 4.52. The molecule has 0 aromatic heterocycles. The molecule has 2 aromatic rings. The van der Waals surface area contributed by atoms with Crippen LogP contribution in [0.4, 0.5) is 5.69 Å². The molecule has 0 bridgehead atoms. The summed E-state index contributed by atoms with van der Waals surface area (Å²) >= 11 is 23.4. The van der Waals surface area contributed by atoms with Gasteiger partial charge in [-0.15, -0.1) is 0 Å². The van der Waals surface area contributed by atoms with Crippen LogP contribution in [0.15, 0.2) is 42.5 Å². The van der Waals surface area contributed by atoms with Crippen molar-refractivity contribution in [2.45, 2.75) is 16.9 Å². The number of thiocarbonyl (C=S) groups is 1. The molecule has 0 aliphatic carbocycles. The Labute approximate surface area is 201 Å². The van der Waals surface area contributed by atoms with Crippen LogP contribution in [0.5, 0.6) is 17.2 Å². The Morgan fingerprint density at radius 3 is 2.23 bits per heavy atom. The van der Waals surface area contributed by atoms with E-state index in [9.17, 15) is 4.79 Å². The largest absolute Gasteiger partial charge is 0.494 e. The van der Waals surface area contributed by atoms with Gasteiger partial charge in [0.05, 0.1) is 20.8 Å². The molecule has 0 radical (unpaired) electrons. The van der Waals surface area contributed by atoms with Crippen molar-refractivity contribution in [1.82, 2.24) is 10.6 Å². The first-order valence-corrected chi connectivity index (χ1v) is 10.6. The lowest BCUT2D eigenvalue weighted by Crippen LogP contribution is -2.56. The molecule has 0 heterocycles. The molecule has 7 nitrogen and oxygen atoms in total. The third kappa shape index (κ3) is 7.50. The lowest BCUT2D eigenvalue weighted by molar-refractivity contribution is 0.0934. The molecule has 0 saturated carbocycles. The molecule has 1 amide bonds. The normalized spacial score (nSPS) is 11.8. The van der Waals surface area contributed by atoms with E-state index in [0.717, 1.165) is 5.75 Å². The van der Waals surface area contributed by atoms with Crippen LogP contribution in [0.1, 0.15) is 17.3 Å². The molecule has 168 valence electrons. The van der Waals surface area contributed by atoms with Crippen molar-refractivity contribution in [2.75, 3.05) is 26.1 Å². The second-order valence-electron chi connectivity index (χ2n) is 6.07. The van der Waals surface area contributed by atoms with Crippen LogP contribution in [-0.2, 0) is 0 Å². The summed E-state index contributed by atoms with van der Waals surface area (Å²) in [7, 11) is 2.97. The van der Waals surface area contributed by atoms with Gasteiger partial charge < -0.3 is 30.2 Å². The first-order valence-electron chi connectivity index (χ1n) is 9.08. The van der Waals surface area contributed by atoms with Crippen molar-refractivity contribution in [3.05, 3.63) is 48.0 Å². The van der Waals surface area contributed by atoms with E-state index in [1.54, 1.807) is 36.4 Å². The highest BCUT2D eigenvalue weighted by atomic mass is 35.6. The number of halogens is 3. The van der Waals surface area contributed by atoms with Gasteiger partial charge in [-0.25, -0.2) is 0 Å². The maximum atomic E-state index is 12.7. The summed E-state index contributed by atoms with van der Waals surface area (Å²) in [6.45, 7) is 2.47. The summed E-state index contributed by atoms with van der Waals surface area (Å²) in [5, 5.41) is 8.52. The van der Waals surface area contributed by atoms with Gasteiger partial charge in [-0.1, -0.05) is 34.8 Å². The number of amides is 1. The molecular weight excluding hydrogens is 485 g/mol. The third-order valence-electron chi connectivity index (χ3n) is 3.95. The van der Waals surface area contributed by atoms with Crippen LogP contribution >= 0.6 is 47.0 Å². The lowest BCUT2D eigenvalue weighted by Gasteiger charge is -2.28. The molecule has 0 saturated heterocycles. The van der Waals surface area contributed by atoms with Crippen LogP contribution in [0, 0.1) is 0 Å². The molecule has 0 spiro atoms. The fraction of sp³-hybridized carbons (Fsp3) is 0.300. The topological polar surface area (TPSA) is 80.9 Å². The van der Waals surface area contributed by atoms with E-state index in [0.29, 0.717) is 23.8 Å². The Bertz CT molecular complexity index is 908. The van der Waals surface area contributed by atoms with Crippen LogP contribution in [-0.4, -0.2) is 41.8 Å². The number of alkyl halides is 3. The molecule has 31 heavy (non-hydrogen) atoms. The van der Waals surface area contributed by atoms with Gasteiger partial charge in [-0.05, 0) is 61.6 Å². The molecule has 1 atom stereocenters. The van der Waals surface area contributed by atoms with Crippen molar-refractivity contribution in [1.29, 1.82) is 0 Å². The van der Waals surface area contributed by atoms with E-state index in [1.165, 1.54) is 20.3 Å². The summed E-state index contributed by atoms with van der Waals surface area (Å²) in [6, 6.07) is 11.8. The van der Waals surface area contributed by atoms with Crippen molar-refractivity contribution in [3.8, 4) is 17.2 Å². The molecule has 0 fully saturated rings. The van der Waals surface area contributed by atoms with Crippen LogP contribution < -0.4 is 30.2 Å². The number of rotatable bonds is 8. The lowest BCUT2D eigenvalue weighted by atomic mass is 10.2. The summed E-state index contributed by atoms with van der Waals surface area (Å²) in [5.41, 5.74) is 0.972. The van der Waals surface area contributed by atoms with Crippen molar-refractivity contribution in [2.24, 2.45) is 0 Å². The molecule has 0 unspecified atom stereocenters. The van der Waals surface area contributed by atoms with Gasteiger partial charge in [0.15, 0.2) is 16.6 Å². The molecule has 0 aliphatic rings. The fourth-order valence-electron chi connectivity index (χ4n) is 2.49. The molecule has 11 heteroatoms. The van der Waals surface area contributed by atoms with Gasteiger partial charge in [0.1, 0.15) is 11.9 Å². The number of ether oxygens (including phenoxy) is 3. The van der Waals surface area contributed by atoms with E-state index < -0.39 is 15.9 Å². The molecule has 3 N–H and O–H groups in total. The van der Waals surface area contributed by atoms with Crippen molar-refractivity contribution < 1.29 is 19.0 Å². The molecular formula is C20H22Cl3N3O4S. The Morgan fingerprint density at radius 2 is 1.68 bits per heavy atom. The van der Waals surface area contributed by atoms with Gasteiger partial charge in [0.2, 0.25) is 3.79 Å². The average molecular weight is 507 g/mol. The number of anilines is 1. The van der Waals surface area contributed by atoms with E-state index >= 15 is 0 Å². The van der Waals surface area contributed by atoms with E-state index in [4.69, 9.17) is 61.2 Å². The van der Waals surface area contributed by atoms with Gasteiger partial charge in [0.25, 0.3) is 5.91 Å². The zero-order valence-corrected chi connectivity index (χ0v) is 20.1. The highest BCUT2D eigenvalue weighted by Crippen LogP contribution is 2.30. The van der Waals surface area contributed by atoms with Gasteiger partial charge in [-0.2, -0.15) is 0 Å². The number of carbonyl (C=O) groups excluding carboxylic acids is 1. The number of hydrogen-bond donors (Lipinski definition) is 3. The minimum atomic E-state index is -1.89. The van der Waals surface area contributed by atoms with E-state index in [2.05, 4.69) is 16.0 Å². The Kier molecular flexibility index (Phi) is 9.31. The standard InChI is InChI=1S/C20H22Cl3N3O4S/c1-4-30-14-8-6-13(7-9-14)24-19(31)26-18(20(21,22)23)25-17(27)12-5-10-15(28-2)16(11-12)29-3/h5-11,18H,4H2,1-3H3,(H,25,27)(H2,24,26,31)/t18-/m1/s1. The highest BCUT2D eigenvalue weighted by Gasteiger charge is 2.35. The van der Waals surface area contributed by atoms with Crippen LogP contribution in [0.25, 0.3) is 0 Å². The Hall–Kier alpha value is -2.13. The summed E-state index contributed by atoms with van der Waals surface area (Å²) < 4.78 is 13.9. The third-order valence-corrected chi connectivity index (χ3v) is 4.82. The second kappa shape index (κ2) is 11.5. The maximum absolute atomic E-state index is 12.7. The maximum Gasteiger partial charge on any atom is 0.253 e. The Balaban J connectivity index is 2.08. The Morgan fingerprint density at radius 1 is 1.03 bits per heavy atom. The first-order chi connectivity index (χ1) is 14.7. The van der Waals surface area contributed by atoms with Crippen molar-refractivity contribution in [3.63, 3.8) is 0 Å². The molecule has 2 aromatic carbocycles. The first kappa shape index (κ1) is 25.1. The highest BCUT2D eigenvalue weighted by molar-refractivity contribution is 7.80. The summed E-state index contributed by atoms with van der Waals surface area (Å²) in [5.74, 6) is 1.10. The van der Waals surface area contributed by atoms with Gasteiger partial charge >= 0.3 is 0 Å². The quantitative estimate of drug-likeness (QED) is 0.276. The predicted molar refractivity (Wildman–Crippen MR) is 128 cm³/mol. The van der Waals surface area contributed by atoms with E-state index in [1.807, 2.05) is 6.92 Å². The smallest absolute Gasteiger partial charge is 0.253 e. The SMILES string of the molecule is CCOc1ccc(NC(=S)N[C@@H](NC(=O)c2ccc(OC)c(OC)c2)C(Cl)(Cl)Cl)cc1. The number of hydrogen-bond acceptors (Lipinski definition) is 5. The monoisotopic (exact) mass is 505 g/mol. The average Bonchev–Trinajstić information content (AvgIpc) is 2.73. The minimum absolute atomic E-state index is 0.146. The van der Waals surface area contributed by atoms with Gasteiger partial charge in [-0.3, -0.25) is 4.79 Å². The summed E-state index contributed by atoms with van der Waals surface area (Å²) in [4.78, 5) is 12.7.